The van der Waals surface area contributed by atoms with Gasteiger partial charge in [-0.2, -0.15) is 0 Å². The summed E-state index contributed by atoms with van der Waals surface area (Å²) in [6, 6.07) is 3.45. The average Bonchev–Trinajstić information content (AvgIpc) is 3.37. The van der Waals surface area contributed by atoms with Crippen molar-refractivity contribution in [2.24, 2.45) is 5.92 Å². The van der Waals surface area contributed by atoms with Gasteiger partial charge in [-0.3, -0.25) is 9.59 Å². The first-order chi connectivity index (χ1) is 11.9. The van der Waals surface area contributed by atoms with Crippen molar-refractivity contribution in [2.75, 3.05) is 19.6 Å². The number of thioether (sulfide) groups is 1. The van der Waals surface area contributed by atoms with E-state index >= 15 is 0 Å². The molecule has 0 bridgehead atoms. The second kappa shape index (κ2) is 7.32. The summed E-state index contributed by atoms with van der Waals surface area (Å²) >= 11 is 1.35. The van der Waals surface area contributed by atoms with Crippen molar-refractivity contribution < 1.29 is 18.4 Å². The standard InChI is InChI=1S/C18H22F2N2O2S/c1-3-21(17(24)12-4-5-12)8-9-22-16(23)11(2)25-18(22)14-7-6-13(19)10-15(14)20/h6-7,10-12,18H,3-5,8-9H2,1-2H3/t11-,18-/m0/s1. The minimum Gasteiger partial charge on any atom is -0.341 e. The molecule has 1 saturated carbocycles. The second-order valence-electron chi connectivity index (χ2n) is 6.52. The molecular weight excluding hydrogens is 346 g/mol. The molecule has 7 heteroatoms. The highest BCUT2D eigenvalue weighted by Gasteiger charge is 2.40. The maximum Gasteiger partial charge on any atom is 0.236 e. The third-order valence-electron chi connectivity index (χ3n) is 4.71. The van der Waals surface area contributed by atoms with Gasteiger partial charge in [-0.25, -0.2) is 8.78 Å². The molecule has 0 unspecified atom stereocenters. The van der Waals surface area contributed by atoms with Crippen LogP contribution in [-0.4, -0.2) is 46.5 Å². The molecule has 0 aromatic heterocycles. The Morgan fingerprint density at radius 2 is 2.08 bits per heavy atom. The van der Waals surface area contributed by atoms with E-state index in [1.165, 1.54) is 23.9 Å². The summed E-state index contributed by atoms with van der Waals surface area (Å²) in [5.41, 5.74) is 0.306. The number of likely N-dealkylation sites (N-methyl/N-ethyl adjacent to an activating group) is 1. The van der Waals surface area contributed by atoms with Crippen molar-refractivity contribution in [1.82, 2.24) is 9.80 Å². The molecule has 2 atom stereocenters. The zero-order chi connectivity index (χ0) is 18.1. The minimum absolute atomic E-state index is 0.0753. The van der Waals surface area contributed by atoms with E-state index in [0.29, 0.717) is 25.2 Å². The van der Waals surface area contributed by atoms with Crippen LogP contribution < -0.4 is 0 Å². The number of nitrogens with zero attached hydrogens (tertiary/aromatic N) is 2. The third-order valence-corrected chi connectivity index (χ3v) is 6.08. The fraction of sp³-hybridized carbons (Fsp3) is 0.556. The van der Waals surface area contributed by atoms with Crippen molar-refractivity contribution in [3.8, 4) is 0 Å². The monoisotopic (exact) mass is 368 g/mol. The molecule has 2 amide bonds. The molecule has 4 nitrogen and oxygen atoms in total. The van der Waals surface area contributed by atoms with E-state index in [0.717, 1.165) is 18.9 Å². The Morgan fingerprint density at radius 3 is 2.68 bits per heavy atom. The highest BCUT2D eigenvalue weighted by Crippen LogP contribution is 2.43. The molecule has 136 valence electrons. The molecule has 3 rings (SSSR count). The number of carbonyl (C=O) groups excluding carboxylic acids is 2. The normalized spacial score (nSPS) is 23.2. The van der Waals surface area contributed by atoms with Crippen LogP contribution in [0, 0.1) is 17.6 Å². The molecule has 25 heavy (non-hydrogen) atoms. The summed E-state index contributed by atoms with van der Waals surface area (Å²) < 4.78 is 27.4. The fourth-order valence-electron chi connectivity index (χ4n) is 3.09. The van der Waals surface area contributed by atoms with Crippen molar-refractivity contribution in [3.63, 3.8) is 0 Å². The van der Waals surface area contributed by atoms with Gasteiger partial charge in [0, 0.05) is 37.2 Å². The summed E-state index contributed by atoms with van der Waals surface area (Å²) in [7, 11) is 0. The van der Waals surface area contributed by atoms with Crippen molar-refractivity contribution in [1.29, 1.82) is 0 Å². The molecular formula is C18H22F2N2O2S. The summed E-state index contributed by atoms with van der Waals surface area (Å²) in [6.45, 7) is 5.08. The fourth-order valence-corrected chi connectivity index (χ4v) is 4.42. The smallest absolute Gasteiger partial charge is 0.236 e. The highest BCUT2D eigenvalue weighted by atomic mass is 32.2. The van der Waals surface area contributed by atoms with Crippen LogP contribution in [0.1, 0.15) is 37.6 Å². The van der Waals surface area contributed by atoms with E-state index in [4.69, 9.17) is 0 Å². The first-order valence-corrected chi connectivity index (χ1v) is 9.56. The molecule has 1 aliphatic carbocycles. The Kier molecular flexibility index (Phi) is 5.32. The summed E-state index contributed by atoms with van der Waals surface area (Å²) in [5.74, 6) is -1.09. The van der Waals surface area contributed by atoms with Crippen LogP contribution in [0.2, 0.25) is 0 Å². The minimum atomic E-state index is -0.647. The lowest BCUT2D eigenvalue weighted by Crippen LogP contribution is -2.41. The second-order valence-corrected chi connectivity index (χ2v) is 7.95. The molecule has 0 spiro atoms. The van der Waals surface area contributed by atoms with Crippen LogP contribution in [0.3, 0.4) is 0 Å². The van der Waals surface area contributed by atoms with Gasteiger partial charge in [0.05, 0.1) is 5.25 Å². The van der Waals surface area contributed by atoms with Crippen LogP contribution >= 0.6 is 11.8 Å². The third kappa shape index (κ3) is 3.81. The molecule has 1 saturated heterocycles. The van der Waals surface area contributed by atoms with Crippen molar-refractivity contribution in [3.05, 3.63) is 35.4 Å². The van der Waals surface area contributed by atoms with E-state index < -0.39 is 17.0 Å². The van der Waals surface area contributed by atoms with Gasteiger partial charge >= 0.3 is 0 Å². The van der Waals surface area contributed by atoms with E-state index in [9.17, 15) is 18.4 Å². The lowest BCUT2D eigenvalue weighted by atomic mass is 10.2. The van der Waals surface area contributed by atoms with E-state index in [2.05, 4.69) is 0 Å². The molecule has 2 aliphatic rings. The van der Waals surface area contributed by atoms with Crippen molar-refractivity contribution in [2.45, 2.75) is 37.3 Å². The van der Waals surface area contributed by atoms with Gasteiger partial charge in [-0.05, 0) is 32.8 Å². The lowest BCUT2D eigenvalue weighted by molar-refractivity contribution is -0.135. The van der Waals surface area contributed by atoms with E-state index in [-0.39, 0.29) is 23.0 Å². The molecule has 1 aromatic rings. The van der Waals surface area contributed by atoms with E-state index in [1.807, 2.05) is 6.92 Å². The quantitative estimate of drug-likeness (QED) is 0.774. The first kappa shape index (κ1) is 18.2. The van der Waals surface area contributed by atoms with Crippen LogP contribution in [-0.2, 0) is 9.59 Å². The number of benzene rings is 1. The Morgan fingerprint density at radius 1 is 1.36 bits per heavy atom. The summed E-state index contributed by atoms with van der Waals surface area (Å²) in [4.78, 5) is 28.1. The first-order valence-electron chi connectivity index (χ1n) is 8.62. The number of rotatable bonds is 6. The van der Waals surface area contributed by atoms with Gasteiger partial charge in [0.15, 0.2) is 0 Å². The summed E-state index contributed by atoms with van der Waals surface area (Å²) in [5, 5.41) is -0.776. The van der Waals surface area contributed by atoms with E-state index in [1.54, 1.807) is 16.7 Å². The largest absolute Gasteiger partial charge is 0.341 e. The molecule has 1 aliphatic heterocycles. The van der Waals surface area contributed by atoms with Gasteiger partial charge in [0.2, 0.25) is 11.8 Å². The average molecular weight is 368 g/mol. The highest BCUT2D eigenvalue weighted by molar-refractivity contribution is 8.01. The van der Waals surface area contributed by atoms with Crippen LogP contribution in [0.15, 0.2) is 18.2 Å². The number of amides is 2. The van der Waals surface area contributed by atoms with Gasteiger partial charge in [-0.15, -0.1) is 11.8 Å². The zero-order valence-corrected chi connectivity index (χ0v) is 15.2. The Hall–Kier alpha value is -1.63. The number of halogens is 2. The van der Waals surface area contributed by atoms with Crippen LogP contribution in [0.5, 0.6) is 0 Å². The predicted molar refractivity (Wildman–Crippen MR) is 92.8 cm³/mol. The number of hydrogen-bond donors (Lipinski definition) is 0. The molecule has 0 radical (unpaired) electrons. The molecule has 1 heterocycles. The Labute approximate surface area is 150 Å². The Balaban J connectivity index is 1.74. The molecule has 0 N–H and O–H groups in total. The SMILES string of the molecule is CCN(CCN1C(=O)[C@H](C)S[C@H]1c1ccc(F)cc1F)C(=O)C1CC1. The maximum absolute atomic E-state index is 14.2. The number of hydrogen-bond acceptors (Lipinski definition) is 3. The van der Waals surface area contributed by atoms with Gasteiger partial charge in [0.25, 0.3) is 0 Å². The molecule has 2 fully saturated rings. The van der Waals surface area contributed by atoms with Crippen LogP contribution in [0.4, 0.5) is 8.78 Å². The van der Waals surface area contributed by atoms with Crippen molar-refractivity contribution >= 4 is 23.6 Å². The topological polar surface area (TPSA) is 40.6 Å². The molecule has 1 aromatic carbocycles. The number of carbonyl (C=O) groups is 2. The zero-order valence-electron chi connectivity index (χ0n) is 14.4. The summed E-state index contributed by atoms with van der Waals surface area (Å²) in [6.07, 6.45) is 1.88. The van der Waals surface area contributed by atoms with Crippen LogP contribution in [0.25, 0.3) is 0 Å². The predicted octanol–water partition coefficient (Wildman–Crippen LogP) is 3.19. The Bertz CT molecular complexity index is 681. The maximum atomic E-state index is 14.2. The van der Waals surface area contributed by atoms with Gasteiger partial charge in [-0.1, -0.05) is 6.07 Å². The van der Waals surface area contributed by atoms with Gasteiger partial charge in [0.1, 0.15) is 17.0 Å². The van der Waals surface area contributed by atoms with Gasteiger partial charge < -0.3 is 9.80 Å². The lowest BCUT2D eigenvalue weighted by Gasteiger charge is -2.28.